The van der Waals surface area contributed by atoms with Crippen LogP contribution in [0.4, 0.5) is 0 Å². The molecule has 0 fully saturated rings. The first-order chi connectivity index (χ1) is 19.1. The zero-order valence-corrected chi connectivity index (χ0v) is 24.9. The quantitative estimate of drug-likeness (QED) is 0.397. The summed E-state index contributed by atoms with van der Waals surface area (Å²) in [7, 11) is 1.97. The molecule has 2 aliphatic rings. The van der Waals surface area contributed by atoms with Gasteiger partial charge in [0.25, 0.3) is 5.56 Å². The number of benzene rings is 1. The first-order valence-electron chi connectivity index (χ1n) is 13.9. The summed E-state index contributed by atoms with van der Waals surface area (Å²) in [5.74, 6) is -0.0158. The zero-order chi connectivity index (χ0) is 28.6. The van der Waals surface area contributed by atoms with Crippen molar-refractivity contribution in [2.24, 2.45) is 5.41 Å². The largest absolute Gasteiger partial charge is 0.372 e. The molecule has 0 N–H and O–H groups in total. The highest BCUT2D eigenvalue weighted by Gasteiger charge is 2.41. The predicted octanol–water partition coefficient (Wildman–Crippen LogP) is 4.80. The lowest BCUT2D eigenvalue weighted by Gasteiger charge is -2.31. The fourth-order valence-electron chi connectivity index (χ4n) is 5.87. The van der Waals surface area contributed by atoms with Crippen LogP contribution in [0.5, 0.6) is 0 Å². The van der Waals surface area contributed by atoms with E-state index < -0.39 is 5.41 Å². The molecule has 7 nitrogen and oxygen atoms in total. The Balaban J connectivity index is 1.44. The van der Waals surface area contributed by atoms with Gasteiger partial charge in [0, 0.05) is 69.2 Å². The number of likely N-dealkylation sites (N-methyl/N-ethyl adjacent to an activating group) is 2. The van der Waals surface area contributed by atoms with Gasteiger partial charge in [-0.25, -0.2) is 0 Å². The summed E-state index contributed by atoms with van der Waals surface area (Å²) in [6.07, 6.45) is 4.27. The molecule has 3 heterocycles. The number of aryl methyl sites for hydroxylation is 1. The molecule has 2 aromatic heterocycles. The van der Waals surface area contributed by atoms with E-state index in [4.69, 9.17) is 0 Å². The maximum absolute atomic E-state index is 13.6. The first-order valence-corrected chi connectivity index (χ1v) is 14.8. The smallest absolute Gasteiger partial charge is 0.258 e. The van der Waals surface area contributed by atoms with E-state index in [1.165, 1.54) is 10.4 Å². The molecule has 1 amide bonds. The second-order valence-electron chi connectivity index (χ2n) is 11.6. The summed E-state index contributed by atoms with van der Waals surface area (Å²) in [5.41, 5.74) is 3.04. The highest BCUT2D eigenvalue weighted by molar-refractivity contribution is 7.10. The molecule has 210 valence electrons. The average molecular weight is 559 g/mol. The highest BCUT2D eigenvalue weighted by atomic mass is 32.1. The number of hydrogen-bond acceptors (Lipinski definition) is 6. The van der Waals surface area contributed by atoms with Crippen LogP contribution in [0.3, 0.4) is 0 Å². The molecule has 3 aromatic rings. The van der Waals surface area contributed by atoms with Crippen LogP contribution in [0.25, 0.3) is 10.8 Å². The fourth-order valence-corrected chi connectivity index (χ4v) is 6.81. The van der Waals surface area contributed by atoms with E-state index in [1.54, 1.807) is 20.8 Å². The molecule has 0 bridgehead atoms. The number of fused-ring (bicyclic) bond motifs is 1. The number of pyridine rings is 1. The van der Waals surface area contributed by atoms with Gasteiger partial charge in [-0.2, -0.15) is 0 Å². The number of amides is 1. The van der Waals surface area contributed by atoms with Crippen LogP contribution in [-0.4, -0.2) is 64.2 Å². The van der Waals surface area contributed by atoms with Crippen molar-refractivity contribution in [2.75, 3.05) is 33.2 Å². The molecular weight excluding hydrogens is 520 g/mol. The Morgan fingerprint density at radius 1 is 1.05 bits per heavy atom. The van der Waals surface area contributed by atoms with E-state index in [-0.39, 0.29) is 23.7 Å². The minimum absolute atomic E-state index is 0.00678. The molecule has 1 aliphatic carbocycles. The van der Waals surface area contributed by atoms with Gasteiger partial charge in [0.2, 0.25) is 5.91 Å². The molecule has 0 radical (unpaired) electrons. The van der Waals surface area contributed by atoms with E-state index in [9.17, 15) is 14.4 Å². The second-order valence-corrected chi connectivity index (χ2v) is 12.6. The molecule has 1 aliphatic heterocycles. The number of rotatable bonds is 8. The van der Waals surface area contributed by atoms with Crippen LogP contribution in [0.1, 0.15) is 37.6 Å². The molecule has 8 heteroatoms. The van der Waals surface area contributed by atoms with Gasteiger partial charge < -0.3 is 14.4 Å². The Morgan fingerprint density at radius 3 is 2.55 bits per heavy atom. The Bertz CT molecular complexity index is 1580. The molecule has 0 spiro atoms. The van der Waals surface area contributed by atoms with Crippen molar-refractivity contribution in [1.82, 2.24) is 19.3 Å². The first kappa shape index (κ1) is 28.1. The van der Waals surface area contributed by atoms with Crippen molar-refractivity contribution in [2.45, 2.75) is 47.2 Å². The maximum atomic E-state index is 13.6. The van der Waals surface area contributed by atoms with Crippen molar-refractivity contribution in [3.05, 3.63) is 91.8 Å². The van der Waals surface area contributed by atoms with E-state index >= 15 is 0 Å². The number of carbonyl (C=O) groups is 2. The van der Waals surface area contributed by atoms with Gasteiger partial charge in [-0.1, -0.05) is 18.2 Å². The van der Waals surface area contributed by atoms with Crippen LogP contribution in [-0.2, 0) is 22.7 Å². The molecule has 0 atom stereocenters. The third-order valence-electron chi connectivity index (χ3n) is 7.99. The minimum Gasteiger partial charge on any atom is -0.372 e. The summed E-state index contributed by atoms with van der Waals surface area (Å²) >= 11 is 1.73. The predicted molar refractivity (Wildman–Crippen MR) is 161 cm³/mol. The molecule has 0 unspecified atom stereocenters. The number of carbonyl (C=O) groups excluding carboxylic acids is 2. The summed E-state index contributed by atoms with van der Waals surface area (Å²) < 4.78 is 1.78. The Labute approximate surface area is 240 Å². The third kappa shape index (κ3) is 5.43. The lowest BCUT2D eigenvalue weighted by atomic mass is 9.91. The van der Waals surface area contributed by atoms with Gasteiger partial charge in [-0.05, 0) is 73.9 Å². The Morgan fingerprint density at radius 2 is 1.82 bits per heavy atom. The van der Waals surface area contributed by atoms with Crippen molar-refractivity contribution in [3.8, 4) is 0 Å². The number of ketones is 1. The van der Waals surface area contributed by atoms with Gasteiger partial charge in [0.1, 0.15) is 5.70 Å². The number of thiophene rings is 1. The fraction of sp³-hybridized carbons (Fsp3) is 0.406. The van der Waals surface area contributed by atoms with Gasteiger partial charge >= 0.3 is 0 Å². The van der Waals surface area contributed by atoms with Crippen LogP contribution in [0.2, 0.25) is 0 Å². The maximum Gasteiger partial charge on any atom is 0.258 e. The lowest BCUT2D eigenvalue weighted by molar-refractivity contribution is -0.139. The zero-order valence-electron chi connectivity index (χ0n) is 24.1. The van der Waals surface area contributed by atoms with Crippen LogP contribution >= 0.6 is 11.3 Å². The number of aromatic nitrogens is 1. The molecule has 1 aromatic carbocycles. The van der Waals surface area contributed by atoms with Crippen molar-refractivity contribution >= 4 is 33.8 Å². The lowest BCUT2D eigenvalue weighted by Crippen LogP contribution is -2.43. The summed E-state index contributed by atoms with van der Waals surface area (Å²) in [5, 5.41) is 3.77. The van der Waals surface area contributed by atoms with E-state index in [1.807, 2.05) is 64.3 Å². The number of nitrogens with zero attached hydrogens (tertiary/aromatic N) is 4. The topological polar surface area (TPSA) is 65.9 Å². The highest BCUT2D eigenvalue weighted by Crippen LogP contribution is 2.35. The Kier molecular flexibility index (Phi) is 7.84. The van der Waals surface area contributed by atoms with Crippen LogP contribution in [0.15, 0.2) is 75.8 Å². The minimum atomic E-state index is -0.591. The third-order valence-corrected chi connectivity index (χ3v) is 9.00. The van der Waals surface area contributed by atoms with Crippen molar-refractivity contribution in [3.63, 3.8) is 0 Å². The van der Waals surface area contributed by atoms with E-state index in [0.717, 1.165) is 28.6 Å². The molecule has 5 rings (SSSR count). The second kappa shape index (κ2) is 11.2. The van der Waals surface area contributed by atoms with Gasteiger partial charge in [0.15, 0.2) is 5.78 Å². The average Bonchev–Trinajstić information content (AvgIpc) is 3.30. The summed E-state index contributed by atoms with van der Waals surface area (Å²) in [6, 6.07) is 11.8. The van der Waals surface area contributed by atoms with Crippen LogP contribution < -0.4 is 5.56 Å². The normalized spacial score (nSPS) is 17.5. The SMILES string of the molecule is CCN1C(=O)C(C)(C)CN(C)C2=C1C(=O)CC(CN(CCn1ccc3ccccc3c1=O)Cc1sccc1C)=C2. The number of Topliss-reactive ketones (excluding diaryl/α,β-unsaturated/α-hetero) is 1. The van der Waals surface area contributed by atoms with E-state index in [2.05, 4.69) is 34.2 Å². The van der Waals surface area contributed by atoms with E-state index in [0.29, 0.717) is 38.4 Å². The van der Waals surface area contributed by atoms with Crippen molar-refractivity contribution < 1.29 is 9.59 Å². The number of allylic oxidation sites excluding steroid dienone is 2. The van der Waals surface area contributed by atoms with Gasteiger partial charge in [-0.3, -0.25) is 19.3 Å². The standard InChI is InChI=1S/C32H38N4O3S/c1-6-36-29-26(33(5)21-32(3,4)31(36)39)17-23(18-27(29)37)19-34(20-28-22(2)12-16-40-28)14-15-35-13-11-24-9-7-8-10-25(24)30(35)38/h7-13,16-17H,6,14-15,18-21H2,1-5H3. The van der Waals surface area contributed by atoms with Gasteiger partial charge in [0.05, 0.1) is 11.1 Å². The monoisotopic (exact) mass is 558 g/mol. The number of hydrogen-bond donors (Lipinski definition) is 0. The van der Waals surface area contributed by atoms with Gasteiger partial charge in [-0.15, -0.1) is 11.3 Å². The molecule has 0 saturated heterocycles. The van der Waals surface area contributed by atoms with Crippen LogP contribution in [0, 0.1) is 12.3 Å². The Hall–Kier alpha value is -3.49. The summed E-state index contributed by atoms with van der Waals surface area (Å²) in [4.78, 5) is 47.4. The molecule has 40 heavy (non-hydrogen) atoms. The molecule has 0 saturated carbocycles. The molecular formula is C32H38N4O3S. The summed E-state index contributed by atoms with van der Waals surface area (Å²) in [6.45, 7) is 11.5. The van der Waals surface area contributed by atoms with Crippen molar-refractivity contribution in [1.29, 1.82) is 0 Å².